The molecule has 0 heterocycles. The Bertz CT molecular complexity index is 555. The van der Waals surface area contributed by atoms with Crippen LogP contribution in [0.15, 0.2) is 27.1 Å². The second-order valence-corrected chi connectivity index (χ2v) is 9.42. The number of carbonyl (C=O) groups excluding carboxylic acids is 1. The molecule has 0 bridgehead atoms. The van der Waals surface area contributed by atoms with Crippen LogP contribution in [-0.4, -0.2) is 5.97 Å². The molecule has 1 atom stereocenters. The lowest BCUT2D eigenvalue weighted by atomic mass is 9.75. The number of carbonyl (C=O) groups is 1. The van der Waals surface area contributed by atoms with Gasteiger partial charge in [0, 0.05) is 8.95 Å². The van der Waals surface area contributed by atoms with Crippen molar-refractivity contribution in [3.63, 3.8) is 0 Å². The van der Waals surface area contributed by atoms with Crippen molar-refractivity contribution >= 4 is 37.8 Å². The van der Waals surface area contributed by atoms with Gasteiger partial charge in [-0.3, -0.25) is 4.79 Å². The molecule has 1 unspecified atom stereocenters. The van der Waals surface area contributed by atoms with Crippen LogP contribution in [0.2, 0.25) is 0 Å². The van der Waals surface area contributed by atoms with Crippen LogP contribution in [-0.2, 0) is 15.1 Å². The van der Waals surface area contributed by atoms with Crippen molar-refractivity contribution in [2.24, 2.45) is 17.8 Å². The summed E-state index contributed by atoms with van der Waals surface area (Å²) in [4.78, 5) is 12.7. The minimum absolute atomic E-state index is 0.0429. The molecule has 0 radical (unpaired) electrons. The maximum atomic E-state index is 12.7. The predicted octanol–water partition coefficient (Wildman–Crippen LogP) is 6.84. The Hall–Kier alpha value is -0.350. The first-order chi connectivity index (χ1) is 11.2. The molecule has 1 aromatic rings. The van der Waals surface area contributed by atoms with E-state index in [0.717, 1.165) is 52.0 Å². The van der Waals surface area contributed by atoms with Crippen LogP contribution in [0.1, 0.15) is 65.4 Å². The van der Waals surface area contributed by atoms with E-state index in [0.29, 0.717) is 0 Å². The highest BCUT2D eigenvalue weighted by atomic mass is 79.9. The van der Waals surface area contributed by atoms with Gasteiger partial charge in [0.1, 0.15) is 5.60 Å². The van der Waals surface area contributed by atoms with E-state index in [1.165, 1.54) is 6.42 Å². The van der Waals surface area contributed by atoms with Gasteiger partial charge in [0.15, 0.2) is 0 Å². The Morgan fingerprint density at radius 3 is 2.21 bits per heavy atom. The second-order valence-electron chi connectivity index (χ2n) is 7.59. The van der Waals surface area contributed by atoms with Crippen molar-refractivity contribution in [3.05, 3.63) is 32.7 Å². The average molecular weight is 460 g/mol. The lowest BCUT2D eigenvalue weighted by Gasteiger charge is -2.33. The molecule has 2 nitrogen and oxygen atoms in total. The van der Waals surface area contributed by atoms with Crippen LogP contribution in [0.3, 0.4) is 0 Å². The predicted molar refractivity (Wildman–Crippen MR) is 106 cm³/mol. The SMILES string of the molecule is CCC(C)C1CCC(C(=O)OC(C)(C)c2cc(Br)cc(Br)c2)CC1. The summed E-state index contributed by atoms with van der Waals surface area (Å²) in [5.74, 6) is 1.55. The van der Waals surface area contributed by atoms with Gasteiger partial charge in [-0.1, -0.05) is 52.1 Å². The third kappa shape index (κ3) is 5.08. The highest BCUT2D eigenvalue weighted by Gasteiger charge is 2.33. The lowest BCUT2D eigenvalue weighted by molar-refractivity contribution is -0.164. The van der Waals surface area contributed by atoms with Gasteiger partial charge in [-0.05, 0) is 75.1 Å². The summed E-state index contributed by atoms with van der Waals surface area (Å²) in [6.45, 7) is 8.51. The van der Waals surface area contributed by atoms with Crippen LogP contribution >= 0.6 is 31.9 Å². The van der Waals surface area contributed by atoms with Gasteiger partial charge in [-0.2, -0.15) is 0 Å². The first-order valence-electron chi connectivity index (χ1n) is 8.92. The van der Waals surface area contributed by atoms with E-state index in [9.17, 15) is 4.79 Å². The molecular formula is C20H28Br2O2. The molecule has 4 heteroatoms. The summed E-state index contributed by atoms with van der Waals surface area (Å²) in [6, 6.07) is 6.01. The van der Waals surface area contributed by atoms with Gasteiger partial charge in [0.25, 0.3) is 0 Å². The molecule has 0 aromatic heterocycles. The first kappa shape index (κ1) is 20.0. The topological polar surface area (TPSA) is 26.3 Å². The minimum Gasteiger partial charge on any atom is -0.455 e. The zero-order valence-corrected chi connectivity index (χ0v) is 18.2. The maximum Gasteiger partial charge on any atom is 0.309 e. The molecule has 1 fully saturated rings. The monoisotopic (exact) mass is 458 g/mol. The smallest absolute Gasteiger partial charge is 0.309 e. The van der Waals surface area contributed by atoms with E-state index < -0.39 is 5.60 Å². The zero-order valence-electron chi connectivity index (χ0n) is 15.1. The first-order valence-corrected chi connectivity index (χ1v) is 10.5. The van der Waals surface area contributed by atoms with E-state index in [-0.39, 0.29) is 11.9 Å². The number of benzene rings is 1. The molecule has 134 valence electrons. The molecule has 0 saturated heterocycles. The minimum atomic E-state index is -0.628. The molecule has 0 amide bonds. The Kier molecular flexibility index (Phi) is 6.95. The largest absolute Gasteiger partial charge is 0.455 e. The molecule has 0 N–H and O–H groups in total. The van der Waals surface area contributed by atoms with Crippen molar-refractivity contribution in [2.75, 3.05) is 0 Å². The Morgan fingerprint density at radius 2 is 1.71 bits per heavy atom. The molecule has 1 aliphatic carbocycles. The lowest BCUT2D eigenvalue weighted by Crippen LogP contribution is -2.32. The third-order valence-corrected chi connectivity index (χ3v) is 6.38. The standard InChI is InChI=1S/C20H28Br2O2/c1-5-13(2)14-6-8-15(9-7-14)19(23)24-20(3,4)16-10-17(21)12-18(22)11-16/h10-15H,5-9H2,1-4H3. The number of rotatable bonds is 5. The number of hydrogen-bond acceptors (Lipinski definition) is 2. The summed E-state index contributed by atoms with van der Waals surface area (Å²) in [7, 11) is 0. The second kappa shape index (κ2) is 8.35. The molecular weight excluding hydrogens is 432 g/mol. The van der Waals surface area contributed by atoms with E-state index in [2.05, 4.69) is 45.7 Å². The van der Waals surface area contributed by atoms with E-state index in [1.54, 1.807) is 0 Å². The summed E-state index contributed by atoms with van der Waals surface area (Å²) in [5, 5.41) is 0. The fraction of sp³-hybridized carbons (Fsp3) is 0.650. The van der Waals surface area contributed by atoms with Gasteiger partial charge >= 0.3 is 5.97 Å². The molecule has 1 aromatic carbocycles. The Labute approximate surface area is 163 Å². The highest BCUT2D eigenvalue weighted by Crippen LogP contribution is 2.37. The van der Waals surface area contributed by atoms with Crippen molar-refractivity contribution in [1.82, 2.24) is 0 Å². The molecule has 1 aliphatic rings. The normalized spacial score (nSPS) is 22.9. The van der Waals surface area contributed by atoms with E-state index in [4.69, 9.17) is 4.74 Å². The van der Waals surface area contributed by atoms with Crippen molar-refractivity contribution in [1.29, 1.82) is 0 Å². The number of hydrogen-bond donors (Lipinski definition) is 0. The zero-order chi connectivity index (χ0) is 17.9. The average Bonchev–Trinajstić information content (AvgIpc) is 2.53. The summed E-state index contributed by atoms with van der Waals surface area (Å²) in [5.41, 5.74) is 0.363. The number of ether oxygens (including phenoxy) is 1. The Morgan fingerprint density at radius 1 is 1.17 bits per heavy atom. The molecule has 2 rings (SSSR count). The number of halogens is 2. The maximum absolute atomic E-state index is 12.7. The number of esters is 1. The van der Waals surface area contributed by atoms with Gasteiger partial charge in [-0.15, -0.1) is 0 Å². The molecule has 1 saturated carbocycles. The van der Waals surface area contributed by atoms with Crippen molar-refractivity contribution < 1.29 is 9.53 Å². The summed E-state index contributed by atoms with van der Waals surface area (Å²) in [6.07, 6.45) is 5.46. The fourth-order valence-electron chi connectivity index (χ4n) is 3.55. The van der Waals surface area contributed by atoms with Crippen LogP contribution < -0.4 is 0 Å². The van der Waals surface area contributed by atoms with Crippen LogP contribution in [0.5, 0.6) is 0 Å². The van der Waals surface area contributed by atoms with Gasteiger partial charge < -0.3 is 4.74 Å². The molecule has 0 aliphatic heterocycles. The molecule has 0 spiro atoms. The third-order valence-electron chi connectivity index (χ3n) is 5.47. The van der Waals surface area contributed by atoms with Gasteiger partial charge in [-0.25, -0.2) is 0 Å². The van der Waals surface area contributed by atoms with Gasteiger partial charge in [0.05, 0.1) is 5.92 Å². The van der Waals surface area contributed by atoms with Crippen LogP contribution in [0.4, 0.5) is 0 Å². The van der Waals surface area contributed by atoms with E-state index >= 15 is 0 Å². The van der Waals surface area contributed by atoms with Crippen LogP contribution in [0.25, 0.3) is 0 Å². The molecule has 24 heavy (non-hydrogen) atoms. The van der Waals surface area contributed by atoms with Crippen LogP contribution in [0, 0.1) is 17.8 Å². The van der Waals surface area contributed by atoms with Crippen molar-refractivity contribution in [3.8, 4) is 0 Å². The quantitative estimate of drug-likeness (QED) is 0.450. The Balaban J connectivity index is 1.99. The highest BCUT2D eigenvalue weighted by molar-refractivity contribution is 9.11. The van der Waals surface area contributed by atoms with E-state index in [1.807, 2.05) is 32.0 Å². The van der Waals surface area contributed by atoms with Gasteiger partial charge in [0.2, 0.25) is 0 Å². The summed E-state index contributed by atoms with van der Waals surface area (Å²) >= 11 is 7.01. The fourth-order valence-corrected chi connectivity index (χ4v) is 4.85. The van der Waals surface area contributed by atoms with Crippen molar-refractivity contribution in [2.45, 2.75) is 65.4 Å². The summed E-state index contributed by atoms with van der Waals surface area (Å²) < 4.78 is 7.87.